The molecule has 7 heteroatoms. The highest BCUT2D eigenvalue weighted by Crippen LogP contribution is 2.13. The van der Waals surface area contributed by atoms with Gasteiger partial charge in [-0.25, -0.2) is 13.1 Å². The van der Waals surface area contributed by atoms with Gasteiger partial charge in [0.05, 0.1) is 12.0 Å². The number of ether oxygens (including phenoxy) is 1. The summed E-state index contributed by atoms with van der Waals surface area (Å²) >= 11 is 0. The van der Waals surface area contributed by atoms with Crippen molar-refractivity contribution in [2.24, 2.45) is 0 Å². The van der Waals surface area contributed by atoms with E-state index in [-0.39, 0.29) is 10.8 Å². The number of carbonyl (C=O) groups is 1. The topological polar surface area (TPSA) is 84.5 Å². The number of amides is 1. The molecule has 0 saturated heterocycles. The first-order valence-electron chi connectivity index (χ1n) is 7.97. The maximum atomic E-state index is 12.3. The lowest BCUT2D eigenvalue weighted by atomic mass is 10.2. The molecule has 1 amide bonds. The largest absolute Gasteiger partial charge is 0.497 e. The summed E-state index contributed by atoms with van der Waals surface area (Å²) in [5.41, 5.74) is 1.22. The van der Waals surface area contributed by atoms with Gasteiger partial charge in [-0.15, -0.1) is 0 Å². The van der Waals surface area contributed by atoms with Crippen molar-refractivity contribution in [1.29, 1.82) is 0 Å². The molecule has 0 aliphatic rings. The zero-order chi connectivity index (χ0) is 18.3. The highest BCUT2D eigenvalue weighted by atomic mass is 32.2. The molecule has 2 aromatic rings. The third-order valence-corrected chi connectivity index (χ3v) is 5.02. The lowest BCUT2D eigenvalue weighted by Gasteiger charge is -2.09. The summed E-state index contributed by atoms with van der Waals surface area (Å²) in [5, 5.41) is 2.78. The molecule has 0 saturated carbocycles. The molecule has 0 heterocycles. The zero-order valence-corrected chi connectivity index (χ0v) is 15.1. The van der Waals surface area contributed by atoms with Crippen LogP contribution in [-0.4, -0.2) is 28.0 Å². The van der Waals surface area contributed by atoms with E-state index in [1.807, 2.05) is 31.2 Å². The number of hydrogen-bond donors (Lipinski definition) is 2. The van der Waals surface area contributed by atoms with Crippen LogP contribution in [0.5, 0.6) is 5.75 Å². The Bertz CT molecular complexity index is 817. The quantitative estimate of drug-likeness (QED) is 0.755. The number of benzene rings is 2. The van der Waals surface area contributed by atoms with Gasteiger partial charge < -0.3 is 10.1 Å². The van der Waals surface area contributed by atoms with Crippen LogP contribution < -0.4 is 14.8 Å². The van der Waals surface area contributed by atoms with Gasteiger partial charge in [-0.2, -0.15) is 0 Å². The van der Waals surface area contributed by atoms with Crippen LogP contribution >= 0.6 is 0 Å². The van der Waals surface area contributed by atoms with Crippen LogP contribution in [0.1, 0.15) is 29.3 Å². The Balaban J connectivity index is 2.05. The van der Waals surface area contributed by atoms with E-state index >= 15 is 0 Å². The number of hydrogen-bond acceptors (Lipinski definition) is 4. The van der Waals surface area contributed by atoms with E-state index < -0.39 is 10.0 Å². The molecule has 0 aliphatic heterocycles. The SMILES string of the molecule is CCCNS(=O)(=O)c1cccc(C(=O)NCc2ccc(OC)cc2)c1. The van der Waals surface area contributed by atoms with Gasteiger partial charge >= 0.3 is 0 Å². The molecule has 0 unspecified atom stereocenters. The lowest BCUT2D eigenvalue weighted by molar-refractivity contribution is 0.0950. The molecule has 0 radical (unpaired) electrons. The van der Waals surface area contributed by atoms with Crippen LogP contribution in [0.3, 0.4) is 0 Å². The molecule has 25 heavy (non-hydrogen) atoms. The minimum absolute atomic E-state index is 0.0815. The predicted molar refractivity (Wildman–Crippen MR) is 96.1 cm³/mol. The van der Waals surface area contributed by atoms with Crippen molar-refractivity contribution in [2.75, 3.05) is 13.7 Å². The Morgan fingerprint density at radius 3 is 2.48 bits per heavy atom. The van der Waals surface area contributed by atoms with E-state index in [9.17, 15) is 13.2 Å². The minimum atomic E-state index is -3.60. The van der Waals surface area contributed by atoms with Gasteiger partial charge in [-0.3, -0.25) is 4.79 Å². The van der Waals surface area contributed by atoms with Gasteiger partial charge in [0.25, 0.3) is 5.91 Å². The average Bonchev–Trinajstić information content (AvgIpc) is 2.65. The standard InChI is InChI=1S/C18H22N2O4S/c1-3-11-20-25(22,23)17-6-4-5-15(12-17)18(21)19-13-14-7-9-16(24-2)10-8-14/h4-10,12,20H,3,11,13H2,1-2H3,(H,19,21). The van der Waals surface area contributed by atoms with E-state index in [0.29, 0.717) is 25.1 Å². The van der Waals surface area contributed by atoms with Crippen molar-refractivity contribution >= 4 is 15.9 Å². The molecule has 0 fully saturated rings. The van der Waals surface area contributed by atoms with Crippen LogP contribution in [0.15, 0.2) is 53.4 Å². The van der Waals surface area contributed by atoms with Crippen LogP contribution in [-0.2, 0) is 16.6 Å². The normalized spacial score (nSPS) is 11.1. The van der Waals surface area contributed by atoms with E-state index in [1.54, 1.807) is 19.2 Å². The zero-order valence-electron chi connectivity index (χ0n) is 14.3. The summed E-state index contributed by atoms with van der Waals surface area (Å²) in [5.74, 6) is 0.413. The third-order valence-electron chi connectivity index (χ3n) is 3.56. The highest BCUT2D eigenvalue weighted by molar-refractivity contribution is 7.89. The Hall–Kier alpha value is -2.38. The minimum Gasteiger partial charge on any atom is -0.497 e. The predicted octanol–water partition coefficient (Wildman–Crippen LogP) is 2.31. The van der Waals surface area contributed by atoms with E-state index in [2.05, 4.69) is 10.0 Å². The second-order valence-electron chi connectivity index (χ2n) is 5.46. The lowest BCUT2D eigenvalue weighted by Crippen LogP contribution is -2.26. The summed E-state index contributed by atoms with van der Waals surface area (Å²) in [7, 11) is -2.01. The maximum absolute atomic E-state index is 12.3. The van der Waals surface area contributed by atoms with E-state index in [4.69, 9.17) is 4.74 Å². The second kappa shape index (κ2) is 8.64. The Kier molecular flexibility index (Phi) is 6.55. The summed E-state index contributed by atoms with van der Waals surface area (Å²) in [6, 6.07) is 13.3. The summed E-state index contributed by atoms with van der Waals surface area (Å²) in [4.78, 5) is 12.4. The summed E-state index contributed by atoms with van der Waals surface area (Å²) < 4.78 is 31.9. The molecule has 2 aromatic carbocycles. The molecular weight excluding hydrogens is 340 g/mol. The second-order valence-corrected chi connectivity index (χ2v) is 7.22. The monoisotopic (exact) mass is 362 g/mol. The van der Waals surface area contributed by atoms with Crippen LogP contribution in [0.2, 0.25) is 0 Å². The Morgan fingerprint density at radius 1 is 1.12 bits per heavy atom. The van der Waals surface area contributed by atoms with Gasteiger partial charge in [-0.1, -0.05) is 25.1 Å². The summed E-state index contributed by atoms with van der Waals surface area (Å²) in [6.45, 7) is 2.58. The summed E-state index contributed by atoms with van der Waals surface area (Å²) in [6.07, 6.45) is 0.696. The van der Waals surface area contributed by atoms with Crippen molar-refractivity contribution in [3.63, 3.8) is 0 Å². The molecule has 0 aliphatic carbocycles. The van der Waals surface area contributed by atoms with Gasteiger partial charge in [0.2, 0.25) is 10.0 Å². The number of rotatable bonds is 8. The molecular formula is C18H22N2O4S. The maximum Gasteiger partial charge on any atom is 0.251 e. The molecule has 6 nitrogen and oxygen atoms in total. The Morgan fingerprint density at radius 2 is 1.84 bits per heavy atom. The fourth-order valence-electron chi connectivity index (χ4n) is 2.15. The fraction of sp³-hybridized carbons (Fsp3) is 0.278. The van der Waals surface area contributed by atoms with E-state index in [1.165, 1.54) is 12.1 Å². The first-order chi connectivity index (χ1) is 12.0. The van der Waals surface area contributed by atoms with Crippen LogP contribution in [0.4, 0.5) is 0 Å². The number of carbonyl (C=O) groups excluding carboxylic acids is 1. The molecule has 0 atom stereocenters. The molecule has 0 spiro atoms. The first kappa shape index (κ1) is 19.0. The van der Waals surface area contributed by atoms with Gasteiger partial charge in [0, 0.05) is 18.7 Å². The van der Waals surface area contributed by atoms with Crippen molar-refractivity contribution in [2.45, 2.75) is 24.8 Å². The Labute approximate surface area is 148 Å². The van der Waals surface area contributed by atoms with Crippen LogP contribution in [0.25, 0.3) is 0 Å². The fourth-order valence-corrected chi connectivity index (χ4v) is 3.33. The molecule has 2 rings (SSSR count). The average molecular weight is 362 g/mol. The number of sulfonamides is 1. The van der Waals surface area contributed by atoms with Crippen molar-refractivity contribution in [3.8, 4) is 5.75 Å². The molecule has 134 valence electrons. The first-order valence-corrected chi connectivity index (χ1v) is 9.45. The number of nitrogens with one attached hydrogen (secondary N) is 2. The molecule has 0 aromatic heterocycles. The number of methoxy groups -OCH3 is 1. The third kappa shape index (κ3) is 5.30. The van der Waals surface area contributed by atoms with Gasteiger partial charge in [0.15, 0.2) is 0 Å². The van der Waals surface area contributed by atoms with Crippen LogP contribution in [0, 0.1) is 0 Å². The van der Waals surface area contributed by atoms with Crippen molar-refractivity contribution < 1.29 is 17.9 Å². The van der Waals surface area contributed by atoms with Crippen molar-refractivity contribution in [1.82, 2.24) is 10.0 Å². The molecule has 2 N–H and O–H groups in total. The highest BCUT2D eigenvalue weighted by Gasteiger charge is 2.15. The smallest absolute Gasteiger partial charge is 0.251 e. The van der Waals surface area contributed by atoms with Crippen molar-refractivity contribution in [3.05, 3.63) is 59.7 Å². The molecule has 0 bridgehead atoms. The van der Waals surface area contributed by atoms with Gasteiger partial charge in [0.1, 0.15) is 5.75 Å². The van der Waals surface area contributed by atoms with Gasteiger partial charge in [-0.05, 0) is 42.3 Å². The van der Waals surface area contributed by atoms with E-state index in [0.717, 1.165) is 11.3 Å².